The van der Waals surface area contributed by atoms with Crippen LogP contribution in [0.5, 0.6) is 0 Å². The van der Waals surface area contributed by atoms with E-state index in [0.29, 0.717) is 28.7 Å². The molecule has 0 amide bonds. The minimum Gasteiger partial charge on any atom is -0.369 e. The van der Waals surface area contributed by atoms with Gasteiger partial charge in [-0.15, -0.1) is 12.4 Å². The Bertz CT molecular complexity index is 772. The average molecular weight is 357 g/mol. The number of hydrogen-bond acceptors (Lipinski definition) is 4. The summed E-state index contributed by atoms with van der Waals surface area (Å²) in [6.45, 7) is 0.218. The molecule has 0 saturated carbocycles. The quantitative estimate of drug-likeness (QED) is 0.851. The second-order valence-corrected chi connectivity index (χ2v) is 5.78. The van der Waals surface area contributed by atoms with Crippen molar-refractivity contribution in [2.75, 3.05) is 18.0 Å². The SMILES string of the molecule is Cl.N#Cc1ccc(N2CC(N)CC(C(F)(F)F)C2)c2cccnc12. The molecule has 0 bridgehead atoms. The topological polar surface area (TPSA) is 65.9 Å². The van der Waals surface area contributed by atoms with E-state index in [0.717, 1.165) is 0 Å². The molecule has 0 aliphatic carbocycles. The van der Waals surface area contributed by atoms with Crippen LogP contribution in [-0.2, 0) is 0 Å². The third-order valence-electron chi connectivity index (χ3n) is 4.15. The molecule has 1 aromatic heterocycles. The Labute approximate surface area is 143 Å². The highest BCUT2D eigenvalue weighted by Crippen LogP contribution is 2.36. The van der Waals surface area contributed by atoms with Gasteiger partial charge in [0.25, 0.3) is 0 Å². The zero-order chi connectivity index (χ0) is 16.6. The normalized spacial score (nSPS) is 21.2. The van der Waals surface area contributed by atoms with E-state index in [-0.39, 0.29) is 25.4 Å². The molecule has 1 saturated heterocycles. The maximum Gasteiger partial charge on any atom is 0.393 e. The second-order valence-electron chi connectivity index (χ2n) is 5.78. The van der Waals surface area contributed by atoms with E-state index in [2.05, 4.69) is 11.1 Å². The van der Waals surface area contributed by atoms with Crippen LogP contribution in [0.4, 0.5) is 18.9 Å². The molecule has 0 radical (unpaired) electrons. The Morgan fingerprint density at radius 3 is 2.67 bits per heavy atom. The third kappa shape index (κ3) is 3.40. The van der Waals surface area contributed by atoms with E-state index >= 15 is 0 Å². The highest BCUT2D eigenvalue weighted by atomic mass is 35.5. The van der Waals surface area contributed by atoms with Crippen molar-refractivity contribution >= 4 is 29.0 Å². The van der Waals surface area contributed by atoms with E-state index in [9.17, 15) is 13.2 Å². The number of nitrogens with zero attached hydrogens (tertiary/aromatic N) is 3. The number of hydrogen-bond donors (Lipinski definition) is 1. The van der Waals surface area contributed by atoms with Crippen LogP contribution < -0.4 is 10.6 Å². The predicted molar refractivity (Wildman–Crippen MR) is 88.1 cm³/mol. The number of benzene rings is 1. The van der Waals surface area contributed by atoms with Gasteiger partial charge in [0.05, 0.1) is 17.0 Å². The number of alkyl halides is 3. The summed E-state index contributed by atoms with van der Waals surface area (Å²) < 4.78 is 39.3. The lowest BCUT2D eigenvalue weighted by molar-refractivity contribution is -0.177. The standard InChI is InChI=1S/C16H15F3N4.ClH/c17-16(18,19)11-6-12(21)9-23(8-11)14-4-3-10(7-20)15-13(14)2-1-5-22-15;/h1-5,11-12H,6,8-9,21H2;1H. The number of halogens is 4. The van der Waals surface area contributed by atoms with Gasteiger partial charge in [-0.05, 0) is 30.7 Å². The molecule has 1 aliphatic heterocycles. The first-order valence-electron chi connectivity index (χ1n) is 7.25. The molecule has 24 heavy (non-hydrogen) atoms. The Morgan fingerprint density at radius 1 is 1.25 bits per heavy atom. The first-order chi connectivity index (χ1) is 10.9. The molecular formula is C16H16ClF3N4. The lowest BCUT2D eigenvalue weighted by Crippen LogP contribution is -2.51. The summed E-state index contributed by atoms with van der Waals surface area (Å²) in [5.74, 6) is -1.45. The molecule has 2 N–H and O–H groups in total. The van der Waals surface area contributed by atoms with Gasteiger partial charge in [0.2, 0.25) is 0 Å². The van der Waals surface area contributed by atoms with Crippen LogP contribution in [0.1, 0.15) is 12.0 Å². The largest absolute Gasteiger partial charge is 0.393 e. The van der Waals surface area contributed by atoms with Crippen molar-refractivity contribution in [3.05, 3.63) is 36.0 Å². The van der Waals surface area contributed by atoms with Crippen molar-refractivity contribution in [3.8, 4) is 6.07 Å². The molecule has 2 aromatic rings. The van der Waals surface area contributed by atoms with Crippen molar-refractivity contribution in [2.45, 2.75) is 18.6 Å². The summed E-state index contributed by atoms with van der Waals surface area (Å²) in [5.41, 5.74) is 7.37. The van der Waals surface area contributed by atoms with Gasteiger partial charge in [-0.2, -0.15) is 18.4 Å². The molecule has 1 aromatic carbocycles. The van der Waals surface area contributed by atoms with E-state index in [1.807, 2.05) is 0 Å². The van der Waals surface area contributed by atoms with Gasteiger partial charge in [-0.1, -0.05) is 0 Å². The minimum atomic E-state index is -4.27. The zero-order valence-corrected chi connectivity index (χ0v) is 13.4. The summed E-state index contributed by atoms with van der Waals surface area (Å²) >= 11 is 0. The highest BCUT2D eigenvalue weighted by molar-refractivity contribution is 5.95. The smallest absolute Gasteiger partial charge is 0.369 e. The maximum absolute atomic E-state index is 13.1. The number of pyridine rings is 1. The Kier molecular flexibility index (Phi) is 5.21. The summed E-state index contributed by atoms with van der Waals surface area (Å²) in [7, 11) is 0. The number of rotatable bonds is 1. The van der Waals surface area contributed by atoms with Gasteiger partial charge in [0, 0.05) is 36.4 Å². The van der Waals surface area contributed by atoms with Gasteiger partial charge < -0.3 is 10.6 Å². The van der Waals surface area contributed by atoms with Crippen molar-refractivity contribution in [2.24, 2.45) is 11.7 Å². The first-order valence-corrected chi connectivity index (χ1v) is 7.25. The fourth-order valence-corrected chi connectivity index (χ4v) is 3.10. The number of nitrogens with two attached hydrogens (primary N) is 1. The highest BCUT2D eigenvalue weighted by Gasteiger charge is 2.44. The minimum absolute atomic E-state index is 0. The molecule has 128 valence electrons. The van der Waals surface area contributed by atoms with Gasteiger partial charge in [-0.25, -0.2) is 0 Å². The zero-order valence-electron chi connectivity index (χ0n) is 12.6. The molecule has 1 aliphatic rings. The molecule has 2 atom stereocenters. The second kappa shape index (κ2) is 6.83. The van der Waals surface area contributed by atoms with Crippen LogP contribution in [0.25, 0.3) is 10.9 Å². The number of aromatic nitrogens is 1. The first kappa shape index (κ1) is 18.3. The third-order valence-corrected chi connectivity index (χ3v) is 4.15. The molecule has 8 heteroatoms. The lowest BCUT2D eigenvalue weighted by atomic mass is 9.93. The number of fused-ring (bicyclic) bond motifs is 1. The van der Waals surface area contributed by atoms with Crippen LogP contribution in [-0.4, -0.2) is 30.3 Å². The van der Waals surface area contributed by atoms with Gasteiger partial charge in [-0.3, -0.25) is 4.98 Å². The lowest BCUT2D eigenvalue weighted by Gasteiger charge is -2.38. The summed E-state index contributed by atoms with van der Waals surface area (Å²) in [5, 5.41) is 9.82. The molecule has 3 rings (SSSR count). The Balaban J connectivity index is 0.00000208. The summed E-state index contributed by atoms with van der Waals surface area (Å²) in [6, 6.07) is 8.25. The maximum atomic E-state index is 13.1. The van der Waals surface area contributed by atoms with Crippen molar-refractivity contribution in [3.63, 3.8) is 0 Å². The van der Waals surface area contributed by atoms with Gasteiger partial charge in [0.15, 0.2) is 0 Å². The average Bonchev–Trinajstić information content (AvgIpc) is 2.52. The van der Waals surface area contributed by atoms with Crippen LogP contribution in [0, 0.1) is 17.2 Å². The van der Waals surface area contributed by atoms with Crippen molar-refractivity contribution in [1.82, 2.24) is 4.98 Å². The molecule has 2 unspecified atom stereocenters. The van der Waals surface area contributed by atoms with E-state index in [4.69, 9.17) is 11.0 Å². The van der Waals surface area contributed by atoms with Gasteiger partial charge in [0.1, 0.15) is 6.07 Å². The number of anilines is 1. The summed E-state index contributed by atoms with van der Waals surface area (Å²) in [6.07, 6.45) is -2.77. The van der Waals surface area contributed by atoms with Gasteiger partial charge >= 0.3 is 6.18 Å². The van der Waals surface area contributed by atoms with Crippen LogP contribution in [0.3, 0.4) is 0 Å². The fraction of sp³-hybridized carbons (Fsp3) is 0.375. The molecular weight excluding hydrogens is 341 g/mol. The van der Waals surface area contributed by atoms with Crippen LogP contribution >= 0.6 is 12.4 Å². The predicted octanol–water partition coefficient (Wildman–Crippen LogP) is 3.24. The molecule has 2 heterocycles. The van der Waals surface area contributed by atoms with E-state index in [1.165, 1.54) is 0 Å². The monoisotopic (exact) mass is 356 g/mol. The molecule has 4 nitrogen and oxygen atoms in total. The van der Waals surface area contributed by atoms with Crippen molar-refractivity contribution in [1.29, 1.82) is 5.26 Å². The Hall–Kier alpha value is -2.04. The fourth-order valence-electron chi connectivity index (χ4n) is 3.10. The van der Waals surface area contributed by atoms with Crippen LogP contribution in [0.2, 0.25) is 0 Å². The van der Waals surface area contributed by atoms with Crippen molar-refractivity contribution < 1.29 is 13.2 Å². The summed E-state index contributed by atoms with van der Waals surface area (Å²) in [4.78, 5) is 5.84. The molecule has 1 fully saturated rings. The van der Waals surface area contributed by atoms with Crippen LogP contribution in [0.15, 0.2) is 30.5 Å². The molecule has 0 spiro atoms. The number of piperidine rings is 1. The van der Waals surface area contributed by atoms with E-state index < -0.39 is 18.1 Å². The van der Waals surface area contributed by atoms with E-state index in [1.54, 1.807) is 35.4 Å². The number of nitriles is 1. The Morgan fingerprint density at radius 2 is 2.00 bits per heavy atom.